The van der Waals surface area contributed by atoms with Crippen LogP contribution in [0.4, 0.5) is 6.01 Å². The zero-order valence-corrected chi connectivity index (χ0v) is 11.6. The SMILES string of the molecule is Cc1ccc(C(=O)Nc2nnc(-c3ccco3)o2)cc1C. The molecule has 3 aromatic rings. The van der Waals surface area contributed by atoms with E-state index in [1.165, 1.54) is 6.26 Å². The Bertz CT molecular complexity index is 775. The van der Waals surface area contributed by atoms with E-state index in [4.69, 9.17) is 8.83 Å². The molecule has 1 amide bonds. The number of benzene rings is 1. The minimum atomic E-state index is -0.298. The molecule has 6 nitrogen and oxygen atoms in total. The fraction of sp³-hybridized carbons (Fsp3) is 0.133. The van der Waals surface area contributed by atoms with Crippen LogP contribution >= 0.6 is 0 Å². The number of nitrogens with zero attached hydrogens (tertiary/aromatic N) is 2. The van der Waals surface area contributed by atoms with Crippen LogP contribution in [0, 0.1) is 13.8 Å². The molecule has 0 bridgehead atoms. The number of aryl methyl sites for hydroxylation is 2. The van der Waals surface area contributed by atoms with Gasteiger partial charge in [-0.15, -0.1) is 5.10 Å². The van der Waals surface area contributed by atoms with Crippen LogP contribution in [-0.2, 0) is 0 Å². The third-order valence-electron chi connectivity index (χ3n) is 3.15. The molecule has 0 fully saturated rings. The van der Waals surface area contributed by atoms with Gasteiger partial charge in [-0.1, -0.05) is 11.2 Å². The summed E-state index contributed by atoms with van der Waals surface area (Å²) < 4.78 is 10.5. The van der Waals surface area contributed by atoms with Gasteiger partial charge in [0, 0.05) is 5.56 Å². The Hall–Kier alpha value is -2.89. The average molecular weight is 283 g/mol. The summed E-state index contributed by atoms with van der Waals surface area (Å²) in [6.07, 6.45) is 1.51. The summed E-state index contributed by atoms with van der Waals surface area (Å²) in [4.78, 5) is 12.1. The van der Waals surface area contributed by atoms with Crippen molar-refractivity contribution in [2.24, 2.45) is 0 Å². The first-order chi connectivity index (χ1) is 10.1. The first-order valence-corrected chi connectivity index (χ1v) is 6.39. The predicted octanol–water partition coefficient (Wildman–Crippen LogP) is 3.20. The molecular weight excluding hydrogens is 270 g/mol. The summed E-state index contributed by atoms with van der Waals surface area (Å²) in [6.45, 7) is 3.94. The van der Waals surface area contributed by atoms with Crippen molar-refractivity contribution in [3.05, 3.63) is 53.3 Å². The molecule has 0 saturated carbocycles. The van der Waals surface area contributed by atoms with Crippen LogP contribution < -0.4 is 5.32 Å². The zero-order valence-electron chi connectivity index (χ0n) is 11.6. The van der Waals surface area contributed by atoms with Gasteiger partial charge in [-0.25, -0.2) is 0 Å². The van der Waals surface area contributed by atoms with Crippen LogP contribution in [0.5, 0.6) is 0 Å². The molecule has 0 saturated heterocycles. The van der Waals surface area contributed by atoms with E-state index in [9.17, 15) is 4.79 Å². The van der Waals surface area contributed by atoms with Crippen LogP contribution in [0.15, 0.2) is 45.4 Å². The van der Waals surface area contributed by atoms with Gasteiger partial charge in [0.15, 0.2) is 5.76 Å². The summed E-state index contributed by atoms with van der Waals surface area (Å²) in [5.41, 5.74) is 2.71. The number of hydrogen-bond acceptors (Lipinski definition) is 5. The number of nitrogens with one attached hydrogen (secondary N) is 1. The van der Waals surface area contributed by atoms with Crippen molar-refractivity contribution in [2.45, 2.75) is 13.8 Å². The molecule has 0 aliphatic rings. The Balaban J connectivity index is 1.77. The normalized spacial score (nSPS) is 10.6. The summed E-state index contributed by atoms with van der Waals surface area (Å²) in [5, 5.41) is 10.1. The van der Waals surface area contributed by atoms with Crippen LogP contribution in [0.3, 0.4) is 0 Å². The summed E-state index contributed by atoms with van der Waals surface area (Å²) in [7, 11) is 0. The molecule has 21 heavy (non-hydrogen) atoms. The van der Waals surface area contributed by atoms with Crippen molar-refractivity contribution in [3.63, 3.8) is 0 Å². The predicted molar refractivity (Wildman–Crippen MR) is 75.9 cm³/mol. The lowest BCUT2D eigenvalue weighted by Crippen LogP contribution is -2.12. The van der Waals surface area contributed by atoms with Gasteiger partial charge in [-0.2, -0.15) is 0 Å². The summed E-state index contributed by atoms with van der Waals surface area (Å²) in [5.74, 6) is 0.373. The third-order valence-corrected chi connectivity index (χ3v) is 3.15. The minimum absolute atomic E-state index is 0.0321. The molecule has 1 aromatic carbocycles. The van der Waals surface area contributed by atoms with Crippen LogP contribution in [0.2, 0.25) is 0 Å². The number of anilines is 1. The van der Waals surface area contributed by atoms with Gasteiger partial charge in [-0.3, -0.25) is 10.1 Å². The highest BCUT2D eigenvalue weighted by Gasteiger charge is 2.14. The average Bonchev–Trinajstić information content (AvgIpc) is 3.12. The molecule has 0 unspecified atom stereocenters. The maximum absolute atomic E-state index is 12.1. The molecule has 6 heteroatoms. The highest BCUT2D eigenvalue weighted by Crippen LogP contribution is 2.20. The smallest absolute Gasteiger partial charge is 0.322 e. The van der Waals surface area contributed by atoms with E-state index in [-0.39, 0.29) is 17.8 Å². The molecular formula is C15H13N3O3. The first kappa shape index (κ1) is 13.1. The maximum Gasteiger partial charge on any atom is 0.322 e. The molecule has 0 atom stereocenters. The molecule has 2 heterocycles. The number of furan rings is 1. The number of hydrogen-bond donors (Lipinski definition) is 1. The molecule has 0 radical (unpaired) electrons. The first-order valence-electron chi connectivity index (χ1n) is 6.39. The van der Waals surface area contributed by atoms with E-state index in [0.29, 0.717) is 11.3 Å². The topological polar surface area (TPSA) is 81.2 Å². The lowest BCUT2D eigenvalue weighted by molar-refractivity contribution is 0.102. The largest absolute Gasteiger partial charge is 0.459 e. The summed E-state index contributed by atoms with van der Waals surface area (Å²) in [6, 6.07) is 8.90. The molecule has 1 N–H and O–H groups in total. The van der Waals surface area contributed by atoms with Gasteiger partial charge in [0.1, 0.15) is 0 Å². The van der Waals surface area contributed by atoms with Crippen LogP contribution in [0.25, 0.3) is 11.7 Å². The quantitative estimate of drug-likeness (QED) is 0.798. The third kappa shape index (κ3) is 2.69. The fourth-order valence-corrected chi connectivity index (χ4v) is 1.83. The van der Waals surface area contributed by atoms with Gasteiger partial charge >= 0.3 is 6.01 Å². The second kappa shape index (κ2) is 5.24. The highest BCUT2D eigenvalue weighted by atomic mass is 16.4. The van der Waals surface area contributed by atoms with Gasteiger partial charge in [0.25, 0.3) is 11.8 Å². The molecule has 0 aliphatic carbocycles. The fourth-order valence-electron chi connectivity index (χ4n) is 1.83. The van der Waals surface area contributed by atoms with E-state index >= 15 is 0 Å². The maximum atomic E-state index is 12.1. The minimum Gasteiger partial charge on any atom is -0.459 e. The van der Waals surface area contributed by atoms with E-state index < -0.39 is 0 Å². The second-order valence-electron chi connectivity index (χ2n) is 4.64. The monoisotopic (exact) mass is 283 g/mol. The van der Waals surface area contributed by atoms with Crippen LogP contribution in [-0.4, -0.2) is 16.1 Å². The Labute approximate surface area is 120 Å². The van der Waals surface area contributed by atoms with E-state index in [1.54, 1.807) is 18.2 Å². The standard InChI is InChI=1S/C15H13N3O3/c1-9-5-6-11(8-10(9)2)13(19)16-15-18-17-14(21-15)12-4-3-7-20-12/h3-8H,1-2H3,(H,16,18,19). The van der Waals surface area contributed by atoms with E-state index in [2.05, 4.69) is 15.5 Å². The number of carbonyl (C=O) groups excluding carboxylic acids is 1. The van der Waals surface area contributed by atoms with Gasteiger partial charge in [-0.05, 0) is 49.2 Å². The van der Waals surface area contributed by atoms with Gasteiger partial charge < -0.3 is 8.83 Å². The molecule has 3 rings (SSSR count). The Kier molecular flexibility index (Phi) is 3.27. The number of carbonyl (C=O) groups is 1. The Morgan fingerprint density at radius 2 is 2.00 bits per heavy atom. The van der Waals surface area contributed by atoms with Crippen molar-refractivity contribution in [2.75, 3.05) is 5.32 Å². The van der Waals surface area contributed by atoms with E-state index in [0.717, 1.165) is 11.1 Å². The number of rotatable bonds is 3. The highest BCUT2D eigenvalue weighted by molar-refractivity contribution is 6.03. The van der Waals surface area contributed by atoms with Crippen molar-refractivity contribution < 1.29 is 13.6 Å². The van der Waals surface area contributed by atoms with Crippen molar-refractivity contribution >= 4 is 11.9 Å². The Morgan fingerprint density at radius 3 is 2.71 bits per heavy atom. The van der Waals surface area contributed by atoms with Crippen molar-refractivity contribution in [3.8, 4) is 11.7 Å². The number of amides is 1. The van der Waals surface area contributed by atoms with Crippen molar-refractivity contribution in [1.82, 2.24) is 10.2 Å². The Morgan fingerprint density at radius 1 is 1.14 bits per heavy atom. The van der Waals surface area contributed by atoms with E-state index in [1.807, 2.05) is 26.0 Å². The molecule has 2 aromatic heterocycles. The van der Waals surface area contributed by atoms with Gasteiger partial charge in [0.05, 0.1) is 6.26 Å². The number of aromatic nitrogens is 2. The lowest BCUT2D eigenvalue weighted by Gasteiger charge is -2.04. The second-order valence-corrected chi connectivity index (χ2v) is 4.64. The van der Waals surface area contributed by atoms with Crippen molar-refractivity contribution in [1.29, 1.82) is 0 Å². The zero-order chi connectivity index (χ0) is 14.8. The lowest BCUT2D eigenvalue weighted by atomic mass is 10.1. The van der Waals surface area contributed by atoms with Crippen LogP contribution in [0.1, 0.15) is 21.5 Å². The molecule has 106 valence electrons. The summed E-state index contributed by atoms with van der Waals surface area (Å²) >= 11 is 0. The van der Waals surface area contributed by atoms with Gasteiger partial charge in [0.2, 0.25) is 0 Å². The molecule has 0 aliphatic heterocycles. The molecule has 0 spiro atoms.